The Morgan fingerprint density at radius 3 is 2.61 bits per heavy atom. The van der Waals surface area contributed by atoms with Crippen molar-refractivity contribution in [3.63, 3.8) is 0 Å². The van der Waals surface area contributed by atoms with Crippen LogP contribution in [0.15, 0.2) is 29.3 Å². The molecule has 0 unspecified atom stereocenters. The maximum Gasteiger partial charge on any atom is 0.160 e. The Morgan fingerprint density at radius 1 is 1.14 bits per heavy atom. The maximum absolute atomic E-state index is 6.07. The van der Waals surface area contributed by atoms with Gasteiger partial charge in [-0.1, -0.05) is 0 Å². The molecule has 150 valence electrons. The second kappa shape index (κ2) is 8.39. The second-order valence-electron chi connectivity index (χ2n) is 8.29. The van der Waals surface area contributed by atoms with Crippen LogP contribution < -0.4 is 9.64 Å². The van der Waals surface area contributed by atoms with E-state index in [0.717, 1.165) is 40.0 Å². The largest absolute Gasteiger partial charge is 0.497 e. The predicted molar refractivity (Wildman–Crippen MR) is 112 cm³/mol. The molecule has 0 radical (unpaired) electrons. The first-order chi connectivity index (χ1) is 13.5. The van der Waals surface area contributed by atoms with Crippen LogP contribution in [0.4, 0.5) is 0 Å². The summed E-state index contributed by atoms with van der Waals surface area (Å²) in [6.45, 7) is 8.70. The average Bonchev–Trinajstić information content (AvgIpc) is 3.20. The van der Waals surface area contributed by atoms with Gasteiger partial charge in [0, 0.05) is 36.1 Å². The molecule has 6 heteroatoms. The van der Waals surface area contributed by atoms with Crippen LogP contribution in [0.3, 0.4) is 0 Å². The van der Waals surface area contributed by atoms with Crippen LogP contribution in [0, 0.1) is 0 Å². The lowest BCUT2D eigenvalue weighted by molar-refractivity contribution is -0.884. The first kappa shape index (κ1) is 19.7. The number of nitrogens with zero attached hydrogens (tertiary/aromatic N) is 2. The molecule has 4 rings (SSSR count). The zero-order valence-corrected chi connectivity index (χ0v) is 17.9. The van der Waals surface area contributed by atoms with E-state index >= 15 is 0 Å². The highest BCUT2D eigenvalue weighted by Crippen LogP contribution is 2.34. The van der Waals surface area contributed by atoms with Crippen molar-refractivity contribution < 1.29 is 14.4 Å². The summed E-state index contributed by atoms with van der Waals surface area (Å²) in [5.41, 5.74) is 3.16. The molecule has 0 aliphatic carbocycles. The third-order valence-electron chi connectivity index (χ3n) is 5.61. The van der Waals surface area contributed by atoms with Crippen molar-refractivity contribution in [2.45, 2.75) is 50.3 Å². The first-order valence-electron chi connectivity index (χ1n) is 10.2. The van der Waals surface area contributed by atoms with E-state index < -0.39 is 0 Å². The van der Waals surface area contributed by atoms with E-state index in [1.54, 1.807) is 12.0 Å². The van der Waals surface area contributed by atoms with Crippen molar-refractivity contribution >= 4 is 11.8 Å². The van der Waals surface area contributed by atoms with Gasteiger partial charge in [-0.05, 0) is 38.1 Å². The maximum atomic E-state index is 6.07. The number of hydrogen-bond donors (Lipinski definition) is 1. The summed E-state index contributed by atoms with van der Waals surface area (Å²) in [7, 11) is 1.68. The molecule has 1 N–H and O–H groups in total. The SMILES string of the molecule is COc1ccc(-c2nc3c(c(SCC[NH+]4CCCC4)n2)COC(C)(C)C3)cc1. The van der Waals surface area contributed by atoms with Gasteiger partial charge in [0.1, 0.15) is 10.8 Å². The lowest BCUT2D eigenvalue weighted by Gasteiger charge is -2.32. The summed E-state index contributed by atoms with van der Waals surface area (Å²) in [5.74, 6) is 2.74. The molecule has 0 amide bonds. The van der Waals surface area contributed by atoms with E-state index in [0.29, 0.717) is 6.61 Å². The third kappa shape index (κ3) is 4.50. The van der Waals surface area contributed by atoms with Gasteiger partial charge in [-0.15, -0.1) is 11.8 Å². The van der Waals surface area contributed by atoms with E-state index in [1.807, 2.05) is 36.0 Å². The summed E-state index contributed by atoms with van der Waals surface area (Å²) in [6, 6.07) is 8.01. The van der Waals surface area contributed by atoms with Crippen LogP contribution in [-0.2, 0) is 17.8 Å². The van der Waals surface area contributed by atoms with E-state index in [9.17, 15) is 0 Å². The number of rotatable bonds is 6. The molecule has 1 aromatic carbocycles. The van der Waals surface area contributed by atoms with Crippen molar-refractivity contribution in [1.82, 2.24) is 9.97 Å². The van der Waals surface area contributed by atoms with Gasteiger partial charge in [-0.3, -0.25) is 0 Å². The zero-order valence-electron chi connectivity index (χ0n) is 17.1. The Kier molecular flexibility index (Phi) is 5.90. The van der Waals surface area contributed by atoms with Crippen LogP contribution in [-0.4, -0.2) is 48.1 Å². The highest BCUT2D eigenvalue weighted by molar-refractivity contribution is 7.99. The fourth-order valence-electron chi connectivity index (χ4n) is 3.93. The van der Waals surface area contributed by atoms with E-state index in [2.05, 4.69) is 13.8 Å². The number of nitrogens with one attached hydrogen (secondary N) is 1. The number of benzene rings is 1. The monoisotopic (exact) mass is 400 g/mol. The molecule has 2 aliphatic heterocycles. The van der Waals surface area contributed by atoms with E-state index in [-0.39, 0.29) is 5.60 Å². The van der Waals surface area contributed by atoms with Gasteiger partial charge in [0.15, 0.2) is 5.82 Å². The summed E-state index contributed by atoms with van der Waals surface area (Å²) in [5, 5.41) is 1.09. The normalized spacial score (nSPS) is 18.8. The second-order valence-corrected chi connectivity index (χ2v) is 9.37. The predicted octanol–water partition coefficient (Wildman–Crippen LogP) is 2.77. The molecule has 3 heterocycles. The summed E-state index contributed by atoms with van der Waals surface area (Å²) in [6.07, 6.45) is 3.56. The lowest BCUT2D eigenvalue weighted by Crippen LogP contribution is -3.10. The minimum atomic E-state index is -0.180. The number of ether oxygens (including phenoxy) is 2. The van der Waals surface area contributed by atoms with Crippen molar-refractivity contribution in [2.75, 3.05) is 32.5 Å². The number of fused-ring (bicyclic) bond motifs is 1. The first-order valence-corrected chi connectivity index (χ1v) is 11.2. The molecule has 28 heavy (non-hydrogen) atoms. The minimum Gasteiger partial charge on any atom is -0.497 e. The molecule has 2 aliphatic rings. The number of quaternary nitrogens is 1. The average molecular weight is 401 g/mol. The Bertz CT molecular complexity index is 817. The van der Waals surface area contributed by atoms with Gasteiger partial charge in [0.25, 0.3) is 0 Å². The standard InChI is InChI=1S/C22H29N3O2S/c1-22(2)14-19-18(15-27-22)21(28-13-12-25-10-4-5-11-25)24-20(23-19)16-6-8-17(26-3)9-7-16/h6-9H,4-5,10-15H2,1-3H3/p+1. The molecular formula is C22H30N3O2S+. The Hall–Kier alpha value is -1.63. The van der Waals surface area contributed by atoms with E-state index in [1.165, 1.54) is 38.0 Å². The molecule has 0 atom stereocenters. The van der Waals surface area contributed by atoms with Gasteiger partial charge in [0.05, 0.1) is 44.6 Å². The Labute approximate surface area is 171 Å². The number of aromatic nitrogens is 2. The number of methoxy groups -OCH3 is 1. The smallest absolute Gasteiger partial charge is 0.160 e. The molecule has 2 aromatic rings. The topological polar surface area (TPSA) is 48.7 Å². The zero-order chi connectivity index (χ0) is 19.6. The Morgan fingerprint density at radius 2 is 1.89 bits per heavy atom. The van der Waals surface area contributed by atoms with Crippen LogP contribution >= 0.6 is 11.8 Å². The molecule has 0 spiro atoms. The van der Waals surface area contributed by atoms with Crippen LogP contribution in [0.25, 0.3) is 11.4 Å². The Balaban J connectivity index is 1.60. The van der Waals surface area contributed by atoms with Gasteiger partial charge in [0.2, 0.25) is 0 Å². The number of hydrogen-bond acceptors (Lipinski definition) is 5. The molecule has 0 saturated carbocycles. The lowest BCUT2D eigenvalue weighted by atomic mass is 9.96. The van der Waals surface area contributed by atoms with Crippen molar-refractivity contribution in [3.05, 3.63) is 35.5 Å². The summed E-state index contributed by atoms with van der Waals surface area (Å²) < 4.78 is 11.4. The summed E-state index contributed by atoms with van der Waals surface area (Å²) in [4.78, 5) is 11.6. The minimum absolute atomic E-state index is 0.180. The molecule has 1 aromatic heterocycles. The summed E-state index contributed by atoms with van der Waals surface area (Å²) >= 11 is 1.86. The molecule has 1 saturated heterocycles. The van der Waals surface area contributed by atoms with Crippen LogP contribution in [0.2, 0.25) is 0 Å². The highest BCUT2D eigenvalue weighted by Gasteiger charge is 2.30. The van der Waals surface area contributed by atoms with Crippen molar-refractivity contribution in [2.24, 2.45) is 0 Å². The highest BCUT2D eigenvalue weighted by atomic mass is 32.2. The molecular weight excluding hydrogens is 370 g/mol. The third-order valence-corrected chi connectivity index (χ3v) is 6.63. The molecule has 1 fully saturated rings. The fourth-order valence-corrected chi connectivity index (χ4v) is 5.01. The van der Waals surface area contributed by atoms with Crippen molar-refractivity contribution in [1.29, 1.82) is 0 Å². The van der Waals surface area contributed by atoms with E-state index in [4.69, 9.17) is 19.4 Å². The quantitative estimate of drug-likeness (QED) is 0.597. The van der Waals surface area contributed by atoms with Gasteiger partial charge >= 0.3 is 0 Å². The van der Waals surface area contributed by atoms with Crippen LogP contribution in [0.1, 0.15) is 37.9 Å². The number of thioether (sulfide) groups is 1. The number of likely N-dealkylation sites (tertiary alicyclic amines) is 1. The van der Waals surface area contributed by atoms with Gasteiger partial charge < -0.3 is 14.4 Å². The van der Waals surface area contributed by atoms with Gasteiger partial charge in [-0.25, -0.2) is 9.97 Å². The fraction of sp³-hybridized carbons (Fsp3) is 0.545. The van der Waals surface area contributed by atoms with Crippen molar-refractivity contribution in [3.8, 4) is 17.1 Å². The van der Waals surface area contributed by atoms with Gasteiger partial charge in [-0.2, -0.15) is 0 Å². The van der Waals surface area contributed by atoms with Crippen LogP contribution in [0.5, 0.6) is 5.75 Å². The molecule has 5 nitrogen and oxygen atoms in total. The molecule has 0 bridgehead atoms.